The molecule has 186 valence electrons. The Balaban J connectivity index is 1.45. The minimum atomic E-state index is -1.03. The van der Waals surface area contributed by atoms with Gasteiger partial charge in [-0.05, 0) is 39.3 Å². The van der Waals surface area contributed by atoms with Crippen molar-refractivity contribution in [1.82, 2.24) is 15.1 Å². The summed E-state index contributed by atoms with van der Waals surface area (Å²) in [4.78, 5) is 79.1. The molecule has 0 aliphatic carbocycles. The Morgan fingerprint density at radius 1 is 1.03 bits per heavy atom. The van der Waals surface area contributed by atoms with Crippen LogP contribution in [0, 0.1) is 0 Å². The largest absolute Gasteiger partial charge is 0.460 e. The van der Waals surface area contributed by atoms with Gasteiger partial charge < -0.3 is 14.5 Å². The lowest BCUT2D eigenvalue weighted by Gasteiger charge is -2.36. The zero-order valence-electron chi connectivity index (χ0n) is 20.0. The van der Waals surface area contributed by atoms with Crippen LogP contribution >= 0.6 is 0 Å². The number of esters is 1. The first-order valence-electron chi connectivity index (χ1n) is 11.6. The summed E-state index contributed by atoms with van der Waals surface area (Å²) in [5.41, 5.74) is 0.307. The summed E-state index contributed by atoms with van der Waals surface area (Å²) in [5, 5.41) is 2.19. The van der Waals surface area contributed by atoms with E-state index in [9.17, 15) is 28.8 Å². The molecule has 11 heteroatoms. The Morgan fingerprint density at radius 3 is 2.34 bits per heavy atom. The second kappa shape index (κ2) is 9.12. The maximum absolute atomic E-state index is 13.3. The van der Waals surface area contributed by atoms with E-state index < -0.39 is 41.2 Å². The van der Waals surface area contributed by atoms with E-state index in [2.05, 4.69) is 5.32 Å². The number of benzene rings is 1. The van der Waals surface area contributed by atoms with Crippen molar-refractivity contribution in [3.63, 3.8) is 0 Å². The van der Waals surface area contributed by atoms with Gasteiger partial charge in [0.15, 0.2) is 0 Å². The molecule has 0 bridgehead atoms. The fraction of sp³-hybridized carbons (Fsp3) is 0.500. The number of piperidine rings is 1. The van der Waals surface area contributed by atoms with Crippen LogP contribution in [0.5, 0.6) is 0 Å². The number of hydrogen-bond donors (Lipinski definition) is 1. The van der Waals surface area contributed by atoms with Crippen LogP contribution in [0.3, 0.4) is 0 Å². The third kappa shape index (κ3) is 4.89. The van der Waals surface area contributed by atoms with Crippen molar-refractivity contribution in [3.8, 4) is 0 Å². The van der Waals surface area contributed by atoms with Crippen LogP contribution in [0.2, 0.25) is 0 Å². The molecule has 3 heterocycles. The number of amides is 5. The quantitative estimate of drug-likeness (QED) is 0.370. The molecule has 1 aromatic carbocycles. The van der Waals surface area contributed by atoms with Crippen LogP contribution in [-0.4, -0.2) is 83.1 Å². The second-order valence-corrected chi connectivity index (χ2v) is 9.78. The maximum atomic E-state index is 13.3. The molecule has 1 unspecified atom stereocenters. The summed E-state index contributed by atoms with van der Waals surface area (Å²) in [6, 6.07) is 3.92. The van der Waals surface area contributed by atoms with Crippen molar-refractivity contribution >= 4 is 41.2 Å². The second-order valence-electron chi connectivity index (χ2n) is 9.78. The maximum Gasteiger partial charge on any atom is 0.315 e. The van der Waals surface area contributed by atoms with Gasteiger partial charge in [-0.2, -0.15) is 0 Å². The average molecular weight is 485 g/mol. The average Bonchev–Trinajstić information content (AvgIpc) is 3.03. The van der Waals surface area contributed by atoms with E-state index in [1.807, 2.05) is 4.90 Å². The minimum Gasteiger partial charge on any atom is -0.460 e. The first-order valence-corrected chi connectivity index (χ1v) is 11.6. The molecule has 0 spiro atoms. The Kier molecular flexibility index (Phi) is 6.35. The molecule has 0 radical (unpaired) electrons. The Labute approximate surface area is 202 Å². The molecule has 3 aliphatic rings. The van der Waals surface area contributed by atoms with Crippen LogP contribution < -0.4 is 10.2 Å². The Bertz CT molecular complexity index is 1120. The van der Waals surface area contributed by atoms with Crippen molar-refractivity contribution in [1.29, 1.82) is 0 Å². The number of carbonyl (C=O) groups is 6. The highest BCUT2D eigenvalue weighted by Crippen LogP contribution is 2.34. The van der Waals surface area contributed by atoms with Gasteiger partial charge in [-0.3, -0.25) is 39.0 Å². The molecular formula is C24H28N4O7. The van der Waals surface area contributed by atoms with Crippen LogP contribution in [0.1, 0.15) is 60.7 Å². The minimum absolute atomic E-state index is 0.0515. The normalized spacial score (nSPS) is 20.7. The highest BCUT2D eigenvalue weighted by atomic mass is 16.6. The predicted molar refractivity (Wildman–Crippen MR) is 122 cm³/mol. The molecule has 3 aliphatic heterocycles. The van der Waals surface area contributed by atoms with Gasteiger partial charge in [0.1, 0.15) is 18.1 Å². The molecule has 11 nitrogen and oxygen atoms in total. The number of ether oxygens (including phenoxy) is 1. The molecule has 4 rings (SSSR count). The van der Waals surface area contributed by atoms with Crippen LogP contribution in [0.15, 0.2) is 18.2 Å². The summed E-state index contributed by atoms with van der Waals surface area (Å²) >= 11 is 0. The van der Waals surface area contributed by atoms with Crippen molar-refractivity contribution < 1.29 is 33.5 Å². The summed E-state index contributed by atoms with van der Waals surface area (Å²) in [6.07, 6.45) is -0.203. The van der Waals surface area contributed by atoms with Crippen LogP contribution in [0.25, 0.3) is 0 Å². The highest BCUT2D eigenvalue weighted by Gasteiger charge is 2.46. The zero-order chi connectivity index (χ0) is 25.5. The smallest absolute Gasteiger partial charge is 0.315 e. The zero-order valence-corrected chi connectivity index (χ0v) is 20.0. The van der Waals surface area contributed by atoms with Gasteiger partial charge in [0.25, 0.3) is 11.8 Å². The highest BCUT2D eigenvalue weighted by molar-refractivity contribution is 6.25. The van der Waals surface area contributed by atoms with E-state index in [0.717, 1.165) is 4.90 Å². The van der Waals surface area contributed by atoms with E-state index in [4.69, 9.17) is 4.74 Å². The van der Waals surface area contributed by atoms with Gasteiger partial charge >= 0.3 is 5.97 Å². The molecule has 2 saturated heterocycles. The molecule has 0 aromatic heterocycles. The van der Waals surface area contributed by atoms with Crippen molar-refractivity contribution in [2.75, 3.05) is 31.1 Å². The van der Waals surface area contributed by atoms with Gasteiger partial charge in [-0.15, -0.1) is 0 Å². The number of carbonyl (C=O) groups excluding carboxylic acids is 6. The standard InChI is InChI=1S/C24H28N4O7/c1-24(2,3)35-19(31)13-18(30)27-11-9-26(10-12-27)15-6-4-5-14-20(15)23(34)28(22(14)33)16-7-8-17(29)25-21(16)32/h4-6,16H,7-13H2,1-3H3,(H,25,29,32). The molecule has 1 N–H and O–H groups in total. The van der Waals surface area contributed by atoms with E-state index >= 15 is 0 Å². The first-order chi connectivity index (χ1) is 16.5. The summed E-state index contributed by atoms with van der Waals surface area (Å²) < 4.78 is 5.22. The summed E-state index contributed by atoms with van der Waals surface area (Å²) in [7, 11) is 0. The third-order valence-electron chi connectivity index (χ3n) is 6.13. The number of fused-ring (bicyclic) bond motifs is 1. The van der Waals surface area contributed by atoms with Crippen molar-refractivity contribution in [2.24, 2.45) is 0 Å². The van der Waals surface area contributed by atoms with E-state index in [0.29, 0.717) is 31.9 Å². The Morgan fingerprint density at radius 2 is 1.71 bits per heavy atom. The van der Waals surface area contributed by atoms with Gasteiger partial charge in [0.2, 0.25) is 17.7 Å². The lowest BCUT2D eigenvalue weighted by Crippen LogP contribution is -2.54. The number of piperazine rings is 1. The fourth-order valence-corrected chi connectivity index (χ4v) is 4.57. The van der Waals surface area contributed by atoms with Crippen LogP contribution in [0.4, 0.5) is 5.69 Å². The topological polar surface area (TPSA) is 133 Å². The number of hydrogen-bond acceptors (Lipinski definition) is 8. The number of nitrogens with one attached hydrogen (secondary N) is 1. The monoisotopic (exact) mass is 484 g/mol. The van der Waals surface area contributed by atoms with E-state index in [1.165, 1.54) is 0 Å². The number of nitrogens with zero attached hydrogens (tertiary/aromatic N) is 3. The lowest BCUT2D eigenvalue weighted by molar-refractivity contribution is -0.158. The molecule has 1 atom stereocenters. The molecular weight excluding hydrogens is 456 g/mol. The lowest BCUT2D eigenvalue weighted by atomic mass is 10.0. The summed E-state index contributed by atoms with van der Waals surface area (Å²) in [6.45, 7) is 6.68. The van der Waals surface area contributed by atoms with Crippen molar-refractivity contribution in [3.05, 3.63) is 29.3 Å². The molecule has 2 fully saturated rings. The van der Waals surface area contributed by atoms with E-state index in [1.54, 1.807) is 43.9 Å². The van der Waals surface area contributed by atoms with Crippen LogP contribution in [-0.2, 0) is 23.9 Å². The van der Waals surface area contributed by atoms with Gasteiger partial charge in [-0.25, -0.2) is 0 Å². The van der Waals surface area contributed by atoms with Gasteiger partial charge in [0, 0.05) is 32.6 Å². The number of rotatable bonds is 4. The van der Waals surface area contributed by atoms with E-state index in [-0.39, 0.29) is 36.3 Å². The molecule has 35 heavy (non-hydrogen) atoms. The summed E-state index contributed by atoms with van der Waals surface area (Å²) in [5.74, 6) is -3.13. The molecule has 0 saturated carbocycles. The first kappa shape index (κ1) is 24.4. The molecule has 5 amide bonds. The SMILES string of the molecule is CC(C)(C)OC(=O)CC(=O)N1CCN(c2cccc3c2C(=O)N(C2CCC(=O)NC2=O)C3=O)CC1. The number of anilines is 1. The van der Waals surface area contributed by atoms with Gasteiger partial charge in [-0.1, -0.05) is 6.07 Å². The number of imide groups is 2. The molecule has 1 aromatic rings. The van der Waals surface area contributed by atoms with Crippen molar-refractivity contribution in [2.45, 2.75) is 51.7 Å². The predicted octanol–water partition coefficient (Wildman–Crippen LogP) is 0.468. The fourth-order valence-electron chi connectivity index (χ4n) is 4.57. The third-order valence-corrected chi connectivity index (χ3v) is 6.13. The van der Waals surface area contributed by atoms with Gasteiger partial charge in [0.05, 0.1) is 16.8 Å². The Hall–Kier alpha value is -3.76.